The van der Waals surface area contributed by atoms with Crippen molar-refractivity contribution < 1.29 is 4.74 Å². The van der Waals surface area contributed by atoms with Gasteiger partial charge in [-0.1, -0.05) is 30.4 Å². The molecular formula is C25H23N5O. The number of fused-ring (bicyclic) bond motifs is 2. The van der Waals surface area contributed by atoms with E-state index in [-0.39, 0.29) is 0 Å². The van der Waals surface area contributed by atoms with Gasteiger partial charge in [0.25, 0.3) is 0 Å². The largest absolute Gasteiger partial charge is 0.497 e. The van der Waals surface area contributed by atoms with Crippen molar-refractivity contribution in [3.05, 3.63) is 89.8 Å². The van der Waals surface area contributed by atoms with Crippen molar-refractivity contribution in [3.63, 3.8) is 0 Å². The van der Waals surface area contributed by atoms with Crippen LogP contribution in [-0.2, 0) is 13.1 Å². The highest BCUT2D eigenvalue weighted by atomic mass is 16.5. The first-order valence-corrected chi connectivity index (χ1v) is 10.5. The van der Waals surface area contributed by atoms with Crippen molar-refractivity contribution >= 4 is 23.0 Å². The van der Waals surface area contributed by atoms with Crippen LogP contribution in [0.5, 0.6) is 5.75 Å². The molecule has 1 N–H and O–H groups in total. The van der Waals surface area contributed by atoms with Crippen LogP contribution in [0.4, 0.5) is 17.5 Å². The zero-order valence-corrected chi connectivity index (χ0v) is 17.3. The lowest BCUT2D eigenvalue weighted by Gasteiger charge is -2.16. The van der Waals surface area contributed by atoms with Gasteiger partial charge >= 0.3 is 0 Å². The molecule has 1 aromatic heterocycles. The molecule has 4 heterocycles. The van der Waals surface area contributed by atoms with Gasteiger partial charge in [0.1, 0.15) is 11.6 Å². The van der Waals surface area contributed by atoms with E-state index in [9.17, 15) is 0 Å². The summed E-state index contributed by atoms with van der Waals surface area (Å²) < 4.78 is 5.35. The number of nitrogens with zero attached hydrogens (tertiary/aromatic N) is 4. The van der Waals surface area contributed by atoms with Crippen LogP contribution in [0.3, 0.4) is 0 Å². The third-order valence-corrected chi connectivity index (χ3v) is 6.05. The fraction of sp³-hybridized carbons (Fsp3) is 0.200. The molecule has 0 amide bonds. The normalized spacial score (nSPS) is 18.4. The van der Waals surface area contributed by atoms with Crippen LogP contribution >= 0.6 is 0 Å². The minimum atomic E-state index is 0.627. The SMILES string of the molecule is COc1ccc2c(c1)CN(c1nccc(Nc3ccc(C4=CN5CC5C=C4)cc3)n1)C2. The van der Waals surface area contributed by atoms with E-state index in [1.165, 1.54) is 22.3 Å². The van der Waals surface area contributed by atoms with E-state index in [0.717, 1.165) is 42.8 Å². The summed E-state index contributed by atoms with van der Waals surface area (Å²) in [7, 11) is 1.70. The highest BCUT2D eigenvalue weighted by Crippen LogP contribution is 2.32. The maximum atomic E-state index is 5.35. The third-order valence-electron chi connectivity index (χ3n) is 6.05. The summed E-state index contributed by atoms with van der Waals surface area (Å²) in [5, 5.41) is 3.41. The first kappa shape index (κ1) is 18.0. The van der Waals surface area contributed by atoms with E-state index in [0.29, 0.717) is 6.04 Å². The van der Waals surface area contributed by atoms with Crippen molar-refractivity contribution in [3.8, 4) is 5.75 Å². The molecule has 1 saturated heterocycles. The fourth-order valence-corrected chi connectivity index (χ4v) is 4.20. The van der Waals surface area contributed by atoms with Crippen LogP contribution in [0.15, 0.2) is 73.1 Å². The van der Waals surface area contributed by atoms with Gasteiger partial charge in [-0.05, 0) is 52.6 Å². The fourth-order valence-electron chi connectivity index (χ4n) is 4.20. The second-order valence-electron chi connectivity index (χ2n) is 8.14. The Labute approximate surface area is 181 Å². The molecule has 0 bridgehead atoms. The van der Waals surface area contributed by atoms with Gasteiger partial charge in [-0.2, -0.15) is 4.98 Å². The van der Waals surface area contributed by atoms with Crippen molar-refractivity contribution in [2.75, 3.05) is 23.9 Å². The predicted molar refractivity (Wildman–Crippen MR) is 122 cm³/mol. The summed E-state index contributed by atoms with van der Waals surface area (Å²) in [4.78, 5) is 13.8. The maximum absolute atomic E-state index is 5.35. The molecule has 6 nitrogen and oxygen atoms in total. The number of anilines is 3. The van der Waals surface area contributed by atoms with Gasteiger partial charge in [-0.3, -0.25) is 0 Å². The van der Waals surface area contributed by atoms with Crippen molar-refractivity contribution in [2.24, 2.45) is 0 Å². The van der Waals surface area contributed by atoms with E-state index in [1.807, 2.05) is 12.1 Å². The van der Waals surface area contributed by atoms with Crippen molar-refractivity contribution in [1.82, 2.24) is 14.9 Å². The summed E-state index contributed by atoms with van der Waals surface area (Å²) >= 11 is 0. The maximum Gasteiger partial charge on any atom is 0.227 e. The van der Waals surface area contributed by atoms with Crippen LogP contribution in [0, 0.1) is 0 Å². The Morgan fingerprint density at radius 3 is 2.74 bits per heavy atom. The second kappa shape index (κ2) is 7.16. The summed E-state index contributed by atoms with van der Waals surface area (Å²) in [6.07, 6.45) is 8.54. The lowest BCUT2D eigenvalue weighted by atomic mass is 10.0. The van der Waals surface area contributed by atoms with E-state index in [2.05, 4.69) is 74.9 Å². The number of hydrogen-bond donors (Lipinski definition) is 1. The smallest absolute Gasteiger partial charge is 0.227 e. The number of allylic oxidation sites excluding steroid dienone is 2. The molecule has 2 aromatic carbocycles. The zero-order valence-electron chi connectivity index (χ0n) is 17.3. The average Bonchev–Trinajstić information content (AvgIpc) is 3.47. The lowest BCUT2D eigenvalue weighted by Crippen LogP contribution is -2.17. The molecule has 1 fully saturated rings. The Morgan fingerprint density at radius 2 is 1.90 bits per heavy atom. The number of rotatable bonds is 5. The van der Waals surface area contributed by atoms with E-state index >= 15 is 0 Å². The van der Waals surface area contributed by atoms with Gasteiger partial charge in [0.2, 0.25) is 5.95 Å². The van der Waals surface area contributed by atoms with Crippen molar-refractivity contribution in [2.45, 2.75) is 19.1 Å². The van der Waals surface area contributed by atoms with Crippen LogP contribution < -0.4 is 15.0 Å². The zero-order chi connectivity index (χ0) is 20.8. The van der Waals surface area contributed by atoms with Crippen LogP contribution in [0.2, 0.25) is 0 Å². The third kappa shape index (κ3) is 3.50. The Hall–Kier alpha value is -3.80. The molecule has 0 radical (unpaired) electrons. The highest BCUT2D eigenvalue weighted by molar-refractivity contribution is 5.76. The monoisotopic (exact) mass is 409 g/mol. The molecule has 0 aliphatic carbocycles. The van der Waals surface area contributed by atoms with Gasteiger partial charge in [0.15, 0.2) is 0 Å². The minimum absolute atomic E-state index is 0.627. The molecule has 154 valence electrons. The minimum Gasteiger partial charge on any atom is -0.497 e. The summed E-state index contributed by atoms with van der Waals surface area (Å²) in [6, 6.07) is 17.2. The van der Waals surface area contributed by atoms with E-state index in [1.54, 1.807) is 13.3 Å². The number of ether oxygens (including phenoxy) is 1. The average molecular weight is 409 g/mol. The molecule has 3 aliphatic heterocycles. The summed E-state index contributed by atoms with van der Waals surface area (Å²) in [5.74, 6) is 2.39. The van der Waals surface area contributed by atoms with Crippen LogP contribution in [0.1, 0.15) is 16.7 Å². The summed E-state index contributed by atoms with van der Waals surface area (Å²) in [5.41, 5.74) is 6.04. The molecule has 3 aliphatic rings. The molecule has 1 atom stereocenters. The number of aromatic nitrogens is 2. The lowest BCUT2D eigenvalue weighted by molar-refractivity contribution is 0.414. The number of hydrogen-bond acceptors (Lipinski definition) is 6. The Bertz CT molecular complexity index is 1200. The predicted octanol–water partition coefficient (Wildman–Crippen LogP) is 4.34. The Morgan fingerprint density at radius 1 is 1.03 bits per heavy atom. The molecular weight excluding hydrogens is 386 g/mol. The van der Waals surface area contributed by atoms with Crippen LogP contribution in [-0.4, -0.2) is 34.6 Å². The second-order valence-corrected chi connectivity index (χ2v) is 8.14. The van der Waals surface area contributed by atoms with Gasteiger partial charge < -0.3 is 19.9 Å². The summed E-state index contributed by atoms with van der Waals surface area (Å²) in [6.45, 7) is 2.73. The van der Waals surface area contributed by atoms with Gasteiger partial charge in [0, 0.05) is 37.7 Å². The van der Waals surface area contributed by atoms with Gasteiger partial charge in [0.05, 0.1) is 13.2 Å². The van der Waals surface area contributed by atoms with E-state index in [4.69, 9.17) is 9.72 Å². The quantitative estimate of drug-likeness (QED) is 0.633. The Balaban J connectivity index is 1.16. The molecule has 6 rings (SSSR count). The first-order chi connectivity index (χ1) is 15.2. The first-order valence-electron chi connectivity index (χ1n) is 10.5. The molecule has 0 spiro atoms. The molecule has 0 saturated carbocycles. The molecule has 3 aromatic rings. The van der Waals surface area contributed by atoms with E-state index < -0.39 is 0 Å². The van der Waals surface area contributed by atoms with Gasteiger partial charge in [-0.15, -0.1) is 0 Å². The standard InChI is InChI=1S/C25H23N5O/c1-31-23-9-5-19-14-30(15-20(19)12-23)25-26-11-10-24(28-25)27-21-6-2-17(3-7-21)18-4-8-22-16-29(22)13-18/h2-13,22H,14-16H2,1H3,(H,26,27,28). The Kier molecular flexibility index (Phi) is 4.16. The topological polar surface area (TPSA) is 53.3 Å². The number of methoxy groups -OCH3 is 1. The van der Waals surface area contributed by atoms with Crippen LogP contribution in [0.25, 0.3) is 5.57 Å². The molecule has 6 heteroatoms. The molecule has 1 unspecified atom stereocenters. The van der Waals surface area contributed by atoms with Crippen molar-refractivity contribution in [1.29, 1.82) is 0 Å². The highest BCUT2D eigenvalue weighted by Gasteiger charge is 2.31. The molecule has 31 heavy (non-hydrogen) atoms. The number of nitrogens with one attached hydrogen (secondary N) is 1. The number of benzene rings is 2. The van der Waals surface area contributed by atoms with Gasteiger partial charge in [-0.25, -0.2) is 4.98 Å².